The molecule has 0 radical (unpaired) electrons. The van der Waals surface area contributed by atoms with Gasteiger partial charge in [0.25, 0.3) is 5.91 Å². The molecule has 1 amide bonds. The third kappa shape index (κ3) is 6.38. The highest BCUT2D eigenvalue weighted by molar-refractivity contribution is 6.31. The molecule has 1 saturated heterocycles. The van der Waals surface area contributed by atoms with E-state index in [1.165, 1.54) is 24.4 Å². The minimum Gasteiger partial charge on any atom is -0.433 e. The SMILES string of the molecule is CC(F)(F)Oc1ccc(C(O)CN2CCN(NC(=O)c3cn(C4CC4)c4cc(Cl)c(F)cc4c3=O)CC2)cc1. The molecule has 3 aromatic rings. The van der Waals surface area contributed by atoms with Crippen molar-refractivity contribution in [2.45, 2.75) is 38.0 Å². The van der Waals surface area contributed by atoms with E-state index in [9.17, 15) is 27.9 Å². The number of amides is 1. The number of nitrogens with one attached hydrogen (secondary N) is 1. The summed E-state index contributed by atoms with van der Waals surface area (Å²) in [5.41, 5.74) is 3.22. The number of aliphatic hydroxyl groups is 1. The number of aromatic nitrogens is 1. The third-order valence-electron chi connectivity index (χ3n) is 6.88. The number of carbonyl (C=O) groups is 1. The lowest BCUT2D eigenvalue weighted by atomic mass is 10.1. The van der Waals surface area contributed by atoms with Gasteiger partial charge in [-0.1, -0.05) is 23.7 Å². The summed E-state index contributed by atoms with van der Waals surface area (Å²) in [4.78, 5) is 28.2. The zero-order valence-corrected chi connectivity index (χ0v) is 21.9. The van der Waals surface area contributed by atoms with Gasteiger partial charge in [0.1, 0.15) is 17.1 Å². The van der Waals surface area contributed by atoms with E-state index in [1.807, 2.05) is 9.47 Å². The second-order valence-corrected chi connectivity index (χ2v) is 10.4. The van der Waals surface area contributed by atoms with Crippen LogP contribution in [0.4, 0.5) is 13.2 Å². The number of hydrogen-bond acceptors (Lipinski definition) is 6. The largest absolute Gasteiger partial charge is 0.433 e. The second-order valence-electron chi connectivity index (χ2n) is 10.0. The fourth-order valence-corrected chi connectivity index (χ4v) is 4.88. The number of halogens is 4. The lowest BCUT2D eigenvalue weighted by Crippen LogP contribution is -2.54. The molecule has 2 aliphatic rings. The van der Waals surface area contributed by atoms with Crippen LogP contribution in [0.15, 0.2) is 47.4 Å². The van der Waals surface area contributed by atoms with E-state index in [0.717, 1.165) is 18.9 Å². The Hall–Kier alpha value is -3.12. The molecule has 2 heterocycles. The summed E-state index contributed by atoms with van der Waals surface area (Å²) in [5, 5.41) is 12.3. The van der Waals surface area contributed by atoms with Gasteiger partial charge in [-0.3, -0.25) is 19.9 Å². The maximum absolute atomic E-state index is 14.2. The van der Waals surface area contributed by atoms with Crippen molar-refractivity contribution in [3.05, 3.63) is 74.8 Å². The minimum absolute atomic E-state index is 0.00652. The molecule has 39 heavy (non-hydrogen) atoms. The number of benzene rings is 2. The van der Waals surface area contributed by atoms with Gasteiger partial charge in [-0.15, -0.1) is 0 Å². The van der Waals surface area contributed by atoms with Gasteiger partial charge in [0.05, 0.1) is 16.6 Å². The Morgan fingerprint density at radius 1 is 1.18 bits per heavy atom. The van der Waals surface area contributed by atoms with Crippen LogP contribution in [0.5, 0.6) is 5.75 Å². The van der Waals surface area contributed by atoms with Gasteiger partial charge >= 0.3 is 6.11 Å². The molecule has 1 unspecified atom stereocenters. The topological polar surface area (TPSA) is 87.0 Å². The zero-order chi connectivity index (χ0) is 27.9. The van der Waals surface area contributed by atoms with Crippen LogP contribution in [0, 0.1) is 5.82 Å². The summed E-state index contributed by atoms with van der Waals surface area (Å²) in [6.07, 6.45) is -0.808. The van der Waals surface area contributed by atoms with E-state index in [2.05, 4.69) is 10.2 Å². The van der Waals surface area contributed by atoms with Crippen molar-refractivity contribution in [3.8, 4) is 5.75 Å². The Labute approximate surface area is 227 Å². The molecule has 12 heteroatoms. The fourth-order valence-electron chi connectivity index (χ4n) is 4.72. The molecule has 1 aliphatic heterocycles. The number of hydrogen-bond donors (Lipinski definition) is 2. The molecular formula is C27H28ClF3N4O4. The normalized spacial score (nSPS) is 17.8. The molecule has 0 spiro atoms. The number of β-amino-alcohol motifs (C(OH)–C–C–N with tert-alkyl or cyclic N) is 1. The molecule has 2 fully saturated rings. The molecule has 1 aromatic heterocycles. The van der Waals surface area contributed by atoms with E-state index in [1.54, 1.807) is 17.1 Å². The quantitative estimate of drug-likeness (QED) is 0.428. The summed E-state index contributed by atoms with van der Waals surface area (Å²) >= 11 is 5.95. The van der Waals surface area contributed by atoms with Crippen molar-refractivity contribution in [2.75, 3.05) is 32.7 Å². The van der Waals surface area contributed by atoms with Gasteiger partial charge in [0.15, 0.2) is 0 Å². The lowest BCUT2D eigenvalue weighted by Gasteiger charge is -2.35. The van der Waals surface area contributed by atoms with Crippen LogP contribution in [-0.2, 0) is 0 Å². The van der Waals surface area contributed by atoms with Crippen molar-refractivity contribution in [1.29, 1.82) is 0 Å². The van der Waals surface area contributed by atoms with Crippen LogP contribution < -0.4 is 15.6 Å². The van der Waals surface area contributed by atoms with Gasteiger partial charge in [-0.05, 0) is 42.7 Å². The van der Waals surface area contributed by atoms with Crippen molar-refractivity contribution in [1.82, 2.24) is 19.9 Å². The van der Waals surface area contributed by atoms with E-state index in [-0.39, 0.29) is 27.8 Å². The number of hydrazine groups is 1. The summed E-state index contributed by atoms with van der Waals surface area (Å²) in [6.45, 7) is 2.94. The Morgan fingerprint density at radius 3 is 2.46 bits per heavy atom. The standard InChI is InChI=1S/C27H28ClF3N4O4/c1-27(30,31)39-18-6-2-16(3-7-18)24(36)15-33-8-10-34(11-9-33)32-26(38)20-14-35(17-4-5-17)23-13-21(28)22(29)12-19(23)25(20)37/h2-3,6-7,12-14,17,24,36H,4-5,8-11,15H2,1H3,(H,32,38). The number of alkyl halides is 2. The monoisotopic (exact) mass is 564 g/mol. The smallest absolute Gasteiger partial charge is 0.394 e. The number of carbonyl (C=O) groups excluding carboxylic acids is 1. The predicted octanol–water partition coefficient (Wildman–Crippen LogP) is 4.12. The predicted molar refractivity (Wildman–Crippen MR) is 140 cm³/mol. The molecule has 5 rings (SSSR count). The minimum atomic E-state index is -3.29. The van der Waals surface area contributed by atoms with E-state index < -0.39 is 29.4 Å². The summed E-state index contributed by atoms with van der Waals surface area (Å²) < 4.78 is 46.5. The van der Waals surface area contributed by atoms with Gasteiger partial charge in [-0.2, -0.15) is 8.78 Å². The molecule has 1 atom stereocenters. The molecular weight excluding hydrogens is 537 g/mol. The van der Waals surface area contributed by atoms with Gasteiger partial charge in [0.2, 0.25) is 5.43 Å². The summed E-state index contributed by atoms with van der Waals surface area (Å²) in [6, 6.07) is 8.49. The second kappa shape index (κ2) is 10.8. The molecule has 0 bridgehead atoms. The number of aliphatic hydroxyl groups excluding tert-OH is 1. The van der Waals surface area contributed by atoms with Crippen LogP contribution in [0.25, 0.3) is 10.9 Å². The van der Waals surface area contributed by atoms with Crippen molar-refractivity contribution >= 4 is 28.4 Å². The van der Waals surface area contributed by atoms with Crippen molar-refractivity contribution < 1.29 is 27.8 Å². The van der Waals surface area contributed by atoms with Crippen LogP contribution in [0.1, 0.15) is 47.8 Å². The Kier molecular flexibility index (Phi) is 7.60. The highest BCUT2D eigenvalue weighted by Crippen LogP contribution is 2.37. The summed E-state index contributed by atoms with van der Waals surface area (Å²) in [5.74, 6) is -1.28. The average Bonchev–Trinajstić information content (AvgIpc) is 3.71. The van der Waals surface area contributed by atoms with Gasteiger partial charge < -0.3 is 14.4 Å². The van der Waals surface area contributed by atoms with Gasteiger partial charge in [0, 0.05) is 57.3 Å². The van der Waals surface area contributed by atoms with Crippen LogP contribution >= 0.6 is 11.6 Å². The summed E-state index contributed by atoms with van der Waals surface area (Å²) in [7, 11) is 0. The first kappa shape index (κ1) is 27.4. The van der Waals surface area contributed by atoms with Crippen LogP contribution in [0.2, 0.25) is 5.02 Å². The van der Waals surface area contributed by atoms with Crippen molar-refractivity contribution in [2.24, 2.45) is 0 Å². The van der Waals surface area contributed by atoms with Gasteiger partial charge in [-0.25, -0.2) is 9.40 Å². The van der Waals surface area contributed by atoms with E-state index in [4.69, 9.17) is 11.6 Å². The number of piperazine rings is 1. The molecule has 208 valence electrons. The molecule has 2 aromatic carbocycles. The number of fused-ring (bicyclic) bond motifs is 1. The van der Waals surface area contributed by atoms with Crippen molar-refractivity contribution in [3.63, 3.8) is 0 Å². The Morgan fingerprint density at radius 2 is 1.85 bits per heavy atom. The molecule has 8 nitrogen and oxygen atoms in total. The first-order chi connectivity index (χ1) is 18.5. The van der Waals surface area contributed by atoms with E-state index >= 15 is 0 Å². The molecule has 1 saturated carbocycles. The number of nitrogens with zero attached hydrogens (tertiary/aromatic N) is 3. The lowest BCUT2D eigenvalue weighted by molar-refractivity contribution is -0.158. The number of ether oxygens (including phenoxy) is 1. The number of rotatable bonds is 8. The van der Waals surface area contributed by atoms with Crippen LogP contribution in [0.3, 0.4) is 0 Å². The third-order valence-corrected chi connectivity index (χ3v) is 7.17. The highest BCUT2D eigenvalue weighted by atomic mass is 35.5. The average molecular weight is 565 g/mol. The first-order valence-electron chi connectivity index (χ1n) is 12.7. The maximum atomic E-state index is 14.2. The Bertz CT molecular complexity index is 1430. The Balaban J connectivity index is 1.20. The van der Waals surface area contributed by atoms with E-state index in [0.29, 0.717) is 50.7 Å². The molecule has 1 aliphatic carbocycles. The first-order valence-corrected chi connectivity index (χ1v) is 13.0. The van der Waals surface area contributed by atoms with Crippen LogP contribution in [-0.4, -0.2) is 64.3 Å². The highest BCUT2D eigenvalue weighted by Gasteiger charge is 2.29. The maximum Gasteiger partial charge on any atom is 0.394 e. The number of pyridine rings is 1. The zero-order valence-electron chi connectivity index (χ0n) is 21.2. The fraction of sp³-hybridized carbons (Fsp3) is 0.407. The molecule has 2 N–H and O–H groups in total.